The first-order chi connectivity index (χ1) is 8.13. The Balaban J connectivity index is 3.11. The van der Waals surface area contributed by atoms with Crippen LogP contribution in [0.2, 0.25) is 0 Å². The van der Waals surface area contributed by atoms with E-state index < -0.39 is 0 Å². The highest BCUT2D eigenvalue weighted by Gasteiger charge is 2.14. The molecule has 1 rings (SSSR count). The summed E-state index contributed by atoms with van der Waals surface area (Å²) in [4.78, 5) is 11.4. The molecular weight excluding hydrogens is 286 g/mol. The number of aliphatic hydroxyl groups excluding tert-OH is 1. The zero-order valence-electron chi connectivity index (χ0n) is 9.36. The van der Waals surface area contributed by atoms with Gasteiger partial charge in [-0.15, -0.1) is 0 Å². The van der Waals surface area contributed by atoms with Crippen LogP contribution in [-0.2, 0) is 22.6 Å². The van der Waals surface area contributed by atoms with Gasteiger partial charge in [0.25, 0.3) is 0 Å². The number of rotatable bonds is 4. The lowest BCUT2D eigenvalue weighted by atomic mass is 10.0. The Morgan fingerprint density at radius 2 is 2.29 bits per heavy atom. The average molecular weight is 298 g/mol. The molecule has 17 heavy (non-hydrogen) atoms. The van der Waals surface area contributed by atoms with Crippen LogP contribution >= 0.6 is 15.9 Å². The smallest absolute Gasteiger partial charge is 0.310 e. The molecule has 1 aromatic rings. The highest BCUT2D eigenvalue weighted by molar-refractivity contribution is 9.10. The lowest BCUT2D eigenvalue weighted by Crippen LogP contribution is -2.10. The number of hydrogen-bond acceptors (Lipinski definition) is 4. The molecule has 0 saturated carbocycles. The molecular formula is C12H12BrNO3. The fourth-order valence-corrected chi connectivity index (χ4v) is 2.06. The number of nitrogens with zero attached hydrogens (tertiary/aromatic N) is 1. The van der Waals surface area contributed by atoms with Crippen LogP contribution in [0.1, 0.15) is 23.6 Å². The predicted molar refractivity (Wildman–Crippen MR) is 65.1 cm³/mol. The van der Waals surface area contributed by atoms with E-state index in [4.69, 9.17) is 10.00 Å². The minimum Gasteiger partial charge on any atom is -0.466 e. The number of carbonyl (C=O) groups is 1. The second kappa shape index (κ2) is 6.38. The van der Waals surface area contributed by atoms with Gasteiger partial charge in [0, 0.05) is 4.47 Å². The van der Waals surface area contributed by atoms with Gasteiger partial charge in [0.1, 0.15) is 6.07 Å². The van der Waals surface area contributed by atoms with Gasteiger partial charge < -0.3 is 9.84 Å². The van der Waals surface area contributed by atoms with E-state index in [1.54, 1.807) is 19.1 Å². The van der Waals surface area contributed by atoms with Crippen LogP contribution in [0.4, 0.5) is 0 Å². The van der Waals surface area contributed by atoms with Crippen LogP contribution in [0, 0.1) is 11.3 Å². The van der Waals surface area contributed by atoms with Crippen molar-refractivity contribution >= 4 is 21.9 Å². The summed E-state index contributed by atoms with van der Waals surface area (Å²) in [6.07, 6.45) is 0.0415. The van der Waals surface area contributed by atoms with Crippen molar-refractivity contribution in [3.63, 3.8) is 0 Å². The molecule has 0 aromatic heterocycles. The van der Waals surface area contributed by atoms with Crippen LogP contribution in [0.15, 0.2) is 16.6 Å². The van der Waals surface area contributed by atoms with Crippen molar-refractivity contribution < 1.29 is 14.6 Å². The van der Waals surface area contributed by atoms with Crippen LogP contribution in [0.3, 0.4) is 0 Å². The van der Waals surface area contributed by atoms with Crippen LogP contribution in [0.25, 0.3) is 0 Å². The molecule has 0 aliphatic rings. The van der Waals surface area contributed by atoms with Crippen molar-refractivity contribution in [3.05, 3.63) is 33.3 Å². The first-order valence-electron chi connectivity index (χ1n) is 5.10. The molecule has 90 valence electrons. The zero-order valence-corrected chi connectivity index (χ0v) is 11.0. The summed E-state index contributed by atoms with van der Waals surface area (Å²) in [5.41, 5.74) is 1.65. The molecule has 0 aliphatic heterocycles. The van der Waals surface area contributed by atoms with Gasteiger partial charge in [-0.2, -0.15) is 5.26 Å². The average Bonchev–Trinajstić information content (AvgIpc) is 2.32. The summed E-state index contributed by atoms with van der Waals surface area (Å²) >= 11 is 3.27. The zero-order chi connectivity index (χ0) is 12.8. The summed E-state index contributed by atoms with van der Waals surface area (Å²) in [6.45, 7) is 1.85. The maximum absolute atomic E-state index is 11.4. The van der Waals surface area contributed by atoms with Gasteiger partial charge in [-0.1, -0.05) is 6.07 Å². The Hall–Kier alpha value is -1.38. The third-order valence-electron chi connectivity index (χ3n) is 2.26. The van der Waals surface area contributed by atoms with Crippen molar-refractivity contribution in [2.45, 2.75) is 20.0 Å². The molecule has 0 radical (unpaired) electrons. The first kappa shape index (κ1) is 13.7. The van der Waals surface area contributed by atoms with Gasteiger partial charge in [-0.3, -0.25) is 4.79 Å². The number of ether oxygens (including phenoxy) is 1. The summed E-state index contributed by atoms with van der Waals surface area (Å²) in [6, 6.07) is 5.25. The van der Waals surface area contributed by atoms with E-state index in [1.165, 1.54) is 0 Å². The van der Waals surface area contributed by atoms with E-state index in [0.717, 1.165) is 0 Å². The third kappa shape index (κ3) is 3.29. The summed E-state index contributed by atoms with van der Waals surface area (Å²) in [7, 11) is 0. The Morgan fingerprint density at radius 1 is 1.59 bits per heavy atom. The van der Waals surface area contributed by atoms with E-state index in [0.29, 0.717) is 27.8 Å². The lowest BCUT2D eigenvalue weighted by molar-refractivity contribution is -0.142. The van der Waals surface area contributed by atoms with Crippen molar-refractivity contribution in [2.75, 3.05) is 6.61 Å². The molecule has 0 atom stereocenters. The molecule has 0 amide bonds. The summed E-state index contributed by atoms with van der Waals surface area (Å²) < 4.78 is 5.39. The topological polar surface area (TPSA) is 70.3 Å². The predicted octanol–water partition coefficient (Wildman–Crippen LogP) is 1.92. The minimum absolute atomic E-state index is 0.0415. The molecule has 0 spiro atoms. The fraction of sp³-hybridized carbons (Fsp3) is 0.333. The summed E-state index contributed by atoms with van der Waals surface area (Å²) in [5, 5.41) is 18.1. The lowest BCUT2D eigenvalue weighted by Gasteiger charge is -2.10. The SMILES string of the molecule is CCOC(=O)Cc1c(CO)ccc(C#N)c1Br. The van der Waals surface area contributed by atoms with E-state index in [-0.39, 0.29) is 19.0 Å². The maximum atomic E-state index is 11.4. The maximum Gasteiger partial charge on any atom is 0.310 e. The molecule has 1 N–H and O–H groups in total. The number of esters is 1. The molecule has 4 nitrogen and oxygen atoms in total. The van der Waals surface area contributed by atoms with E-state index in [1.807, 2.05) is 6.07 Å². The fourth-order valence-electron chi connectivity index (χ4n) is 1.44. The van der Waals surface area contributed by atoms with Gasteiger partial charge in [0.2, 0.25) is 0 Å². The quantitative estimate of drug-likeness (QED) is 0.862. The Labute approximate surface area is 108 Å². The molecule has 0 bridgehead atoms. The molecule has 0 saturated heterocycles. The molecule has 0 aliphatic carbocycles. The Bertz CT molecular complexity index is 466. The number of hydrogen-bond donors (Lipinski definition) is 1. The number of carbonyl (C=O) groups excluding carboxylic acids is 1. The molecule has 5 heteroatoms. The van der Waals surface area contributed by atoms with Gasteiger partial charge in [0.05, 0.1) is 25.2 Å². The molecule has 0 unspecified atom stereocenters. The van der Waals surface area contributed by atoms with Gasteiger partial charge in [-0.05, 0) is 40.0 Å². The monoisotopic (exact) mass is 297 g/mol. The number of benzene rings is 1. The van der Waals surface area contributed by atoms with Crippen LogP contribution < -0.4 is 0 Å². The van der Waals surface area contributed by atoms with Gasteiger partial charge in [0.15, 0.2) is 0 Å². The van der Waals surface area contributed by atoms with E-state index in [9.17, 15) is 9.90 Å². The standard InChI is InChI=1S/C12H12BrNO3/c1-2-17-11(16)5-10-9(7-15)4-3-8(6-14)12(10)13/h3-4,15H,2,5,7H2,1H3. The number of aliphatic hydroxyl groups is 1. The van der Waals surface area contributed by atoms with Crippen molar-refractivity contribution in [3.8, 4) is 6.07 Å². The molecule has 0 fully saturated rings. The second-order valence-electron chi connectivity index (χ2n) is 3.32. The van der Waals surface area contributed by atoms with Crippen LogP contribution in [-0.4, -0.2) is 17.7 Å². The van der Waals surface area contributed by atoms with Crippen molar-refractivity contribution in [2.24, 2.45) is 0 Å². The number of nitriles is 1. The van der Waals surface area contributed by atoms with Gasteiger partial charge >= 0.3 is 5.97 Å². The minimum atomic E-state index is -0.377. The van der Waals surface area contributed by atoms with Gasteiger partial charge in [-0.25, -0.2) is 0 Å². The highest BCUT2D eigenvalue weighted by Crippen LogP contribution is 2.26. The third-order valence-corrected chi connectivity index (χ3v) is 3.16. The largest absolute Gasteiger partial charge is 0.466 e. The normalized spacial score (nSPS) is 9.76. The van der Waals surface area contributed by atoms with Crippen LogP contribution in [0.5, 0.6) is 0 Å². The Morgan fingerprint density at radius 3 is 2.82 bits per heavy atom. The highest BCUT2D eigenvalue weighted by atomic mass is 79.9. The van der Waals surface area contributed by atoms with E-state index >= 15 is 0 Å². The summed E-state index contributed by atoms with van der Waals surface area (Å²) in [5.74, 6) is -0.377. The molecule has 1 aromatic carbocycles. The van der Waals surface area contributed by atoms with E-state index in [2.05, 4.69) is 15.9 Å². The molecule has 0 heterocycles. The van der Waals surface area contributed by atoms with Crippen molar-refractivity contribution in [1.82, 2.24) is 0 Å². The van der Waals surface area contributed by atoms with Crippen molar-refractivity contribution in [1.29, 1.82) is 5.26 Å². The second-order valence-corrected chi connectivity index (χ2v) is 4.11. The first-order valence-corrected chi connectivity index (χ1v) is 5.90. The Kier molecular flexibility index (Phi) is 5.13. The number of halogens is 1.